The monoisotopic (exact) mass is 170 g/mol. The van der Waals surface area contributed by atoms with E-state index in [-0.39, 0.29) is 23.4 Å². The van der Waals surface area contributed by atoms with Gasteiger partial charge in [-0.3, -0.25) is 4.79 Å². The van der Waals surface area contributed by atoms with Crippen LogP contribution in [0.25, 0.3) is 0 Å². The normalized spacial score (nSPS) is 30.9. The molecular weight excluding hydrogens is 156 g/mol. The molecule has 0 aliphatic heterocycles. The van der Waals surface area contributed by atoms with E-state index in [0.717, 1.165) is 6.29 Å². The lowest BCUT2D eigenvalue weighted by Crippen LogP contribution is -2.08. The summed E-state index contributed by atoms with van der Waals surface area (Å²) in [7, 11) is 0. The second-order valence-electron chi connectivity index (χ2n) is 3.75. The topological polar surface area (TPSA) is 43.4 Å². The highest BCUT2D eigenvalue weighted by molar-refractivity contribution is 5.71. The molecule has 0 spiro atoms. The SMILES string of the molecule is CCC(=O)O[C@@H]1[C@@H](C=O)C1(C)C. The Morgan fingerprint density at radius 2 is 2.17 bits per heavy atom. The smallest absolute Gasteiger partial charge is 0.305 e. The van der Waals surface area contributed by atoms with Crippen LogP contribution in [-0.4, -0.2) is 18.4 Å². The third kappa shape index (κ3) is 1.36. The summed E-state index contributed by atoms with van der Waals surface area (Å²) in [6.07, 6.45) is 1.05. The summed E-state index contributed by atoms with van der Waals surface area (Å²) in [5.41, 5.74) is -0.146. The van der Waals surface area contributed by atoms with E-state index in [1.54, 1.807) is 6.92 Å². The van der Waals surface area contributed by atoms with Crippen molar-refractivity contribution >= 4 is 12.3 Å². The van der Waals surface area contributed by atoms with Crippen LogP contribution in [0.4, 0.5) is 0 Å². The molecule has 1 fully saturated rings. The van der Waals surface area contributed by atoms with Gasteiger partial charge in [-0.05, 0) is 0 Å². The first-order chi connectivity index (χ1) is 5.54. The molecule has 0 aromatic rings. The van der Waals surface area contributed by atoms with Gasteiger partial charge in [-0.2, -0.15) is 0 Å². The Morgan fingerprint density at radius 1 is 1.58 bits per heavy atom. The van der Waals surface area contributed by atoms with Crippen molar-refractivity contribution in [3.8, 4) is 0 Å². The number of rotatable bonds is 3. The Hall–Kier alpha value is -0.860. The van der Waals surface area contributed by atoms with Crippen molar-refractivity contribution in [2.75, 3.05) is 0 Å². The van der Waals surface area contributed by atoms with E-state index in [1.807, 2.05) is 13.8 Å². The predicted octanol–water partition coefficient (Wildman–Crippen LogP) is 1.16. The van der Waals surface area contributed by atoms with E-state index in [0.29, 0.717) is 6.42 Å². The maximum atomic E-state index is 10.9. The molecule has 0 radical (unpaired) electrons. The van der Waals surface area contributed by atoms with Crippen LogP contribution in [0, 0.1) is 11.3 Å². The fraction of sp³-hybridized carbons (Fsp3) is 0.778. The highest BCUT2D eigenvalue weighted by atomic mass is 16.6. The van der Waals surface area contributed by atoms with Crippen LogP contribution in [0.3, 0.4) is 0 Å². The number of esters is 1. The summed E-state index contributed by atoms with van der Waals surface area (Å²) < 4.78 is 5.06. The van der Waals surface area contributed by atoms with Crippen molar-refractivity contribution in [2.45, 2.75) is 33.3 Å². The number of aldehydes is 1. The van der Waals surface area contributed by atoms with Crippen LogP contribution < -0.4 is 0 Å². The molecular formula is C9H14O3. The Labute approximate surface area is 72.1 Å². The fourth-order valence-electron chi connectivity index (χ4n) is 1.33. The van der Waals surface area contributed by atoms with Gasteiger partial charge in [0.2, 0.25) is 0 Å². The lowest BCUT2D eigenvalue weighted by Gasteiger charge is -2.03. The average Bonchev–Trinajstić information content (AvgIpc) is 2.53. The molecule has 0 heterocycles. The van der Waals surface area contributed by atoms with Crippen molar-refractivity contribution in [1.29, 1.82) is 0 Å². The Kier molecular flexibility index (Phi) is 2.22. The predicted molar refractivity (Wildman–Crippen MR) is 43.5 cm³/mol. The molecule has 0 unspecified atom stereocenters. The zero-order chi connectivity index (χ0) is 9.35. The molecule has 3 nitrogen and oxygen atoms in total. The van der Waals surface area contributed by atoms with Crippen LogP contribution in [0.5, 0.6) is 0 Å². The first kappa shape index (κ1) is 9.23. The number of ether oxygens (including phenoxy) is 1. The molecule has 2 atom stereocenters. The van der Waals surface area contributed by atoms with Gasteiger partial charge in [0.25, 0.3) is 0 Å². The van der Waals surface area contributed by atoms with Crippen LogP contribution in [0.1, 0.15) is 27.2 Å². The first-order valence-electron chi connectivity index (χ1n) is 4.18. The van der Waals surface area contributed by atoms with Crippen LogP contribution in [-0.2, 0) is 14.3 Å². The molecule has 0 bridgehead atoms. The Morgan fingerprint density at radius 3 is 2.50 bits per heavy atom. The fourth-order valence-corrected chi connectivity index (χ4v) is 1.33. The molecule has 1 rings (SSSR count). The molecule has 1 aliphatic rings. The number of hydrogen-bond donors (Lipinski definition) is 0. The third-order valence-corrected chi connectivity index (χ3v) is 2.50. The lowest BCUT2D eigenvalue weighted by atomic mass is 10.1. The van der Waals surface area contributed by atoms with Crippen molar-refractivity contribution in [3.63, 3.8) is 0 Å². The van der Waals surface area contributed by atoms with Gasteiger partial charge in [0, 0.05) is 11.8 Å². The van der Waals surface area contributed by atoms with E-state index < -0.39 is 0 Å². The van der Waals surface area contributed by atoms with Gasteiger partial charge in [-0.1, -0.05) is 20.8 Å². The maximum absolute atomic E-state index is 10.9. The van der Waals surface area contributed by atoms with Crippen molar-refractivity contribution in [2.24, 2.45) is 11.3 Å². The zero-order valence-electron chi connectivity index (χ0n) is 7.66. The van der Waals surface area contributed by atoms with E-state index in [1.165, 1.54) is 0 Å². The minimum absolute atomic E-state index is 0.104. The van der Waals surface area contributed by atoms with Gasteiger partial charge in [-0.25, -0.2) is 0 Å². The summed E-state index contributed by atoms with van der Waals surface area (Å²) in [6, 6.07) is 0. The molecule has 1 aliphatic carbocycles. The van der Waals surface area contributed by atoms with E-state index in [2.05, 4.69) is 0 Å². The van der Waals surface area contributed by atoms with Gasteiger partial charge in [0.05, 0.1) is 5.92 Å². The largest absolute Gasteiger partial charge is 0.461 e. The van der Waals surface area contributed by atoms with Gasteiger partial charge in [-0.15, -0.1) is 0 Å². The van der Waals surface area contributed by atoms with Crippen LogP contribution >= 0.6 is 0 Å². The Balaban J connectivity index is 2.47. The Bertz CT molecular complexity index is 208. The number of carbonyl (C=O) groups is 2. The summed E-state index contributed by atoms with van der Waals surface area (Å²) in [6.45, 7) is 5.60. The van der Waals surface area contributed by atoms with Gasteiger partial charge < -0.3 is 9.53 Å². The third-order valence-electron chi connectivity index (χ3n) is 2.50. The van der Waals surface area contributed by atoms with Crippen LogP contribution in [0.15, 0.2) is 0 Å². The highest BCUT2D eigenvalue weighted by Crippen LogP contribution is 2.52. The summed E-state index contributed by atoms with van der Waals surface area (Å²) >= 11 is 0. The minimum atomic E-state index is -0.225. The molecule has 12 heavy (non-hydrogen) atoms. The summed E-state index contributed by atoms with van der Waals surface area (Å²) in [5.74, 6) is -0.328. The van der Waals surface area contributed by atoms with Crippen molar-refractivity contribution in [3.05, 3.63) is 0 Å². The molecule has 0 saturated heterocycles. The number of carbonyl (C=O) groups excluding carboxylic acids is 2. The molecule has 0 amide bonds. The van der Waals surface area contributed by atoms with E-state index >= 15 is 0 Å². The standard InChI is InChI=1S/C9H14O3/c1-4-7(11)12-8-6(5-10)9(8,2)3/h5-6,8H,4H2,1-3H3/t6-,8-/m1/s1. The molecule has 0 aromatic carbocycles. The molecule has 0 aromatic heterocycles. The van der Waals surface area contributed by atoms with Crippen molar-refractivity contribution < 1.29 is 14.3 Å². The van der Waals surface area contributed by atoms with Crippen molar-refractivity contribution in [1.82, 2.24) is 0 Å². The lowest BCUT2D eigenvalue weighted by molar-refractivity contribution is -0.145. The molecule has 0 N–H and O–H groups in total. The quantitative estimate of drug-likeness (QED) is 0.471. The average molecular weight is 170 g/mol. The van der Waals surface area contributed by atoms with Crippen LogP contribution in [0.2, 0.25) is 0 Å². The summed E-state index contributed by atoms with van der Waals surface area (Å²) in [5, 5.41) is 0. The molecule has 3 heteroatoms. The second-order valence-corrected chi connectivity index (χ2v) is 3.75. The zero-order valence-corrected chi connectivity index (χ0v) is 7.66. The van der Waals surface area contributed by atoms with Gasteiger partial charge in [0.1, 0.15) is 12.4 Å². The number of hydrogen-bond acceptors (Lipinski definition) is 3. The first-order valence-corrected chi connectivity index (χ1v) is 4.18. The summed E-state index contributed by atoms with van der Waals surface area (Å²) in [4.78, 5) is 21.3. The highest BCUT2D eigenvalue weighted by Gasteiger charge is 2.60. The van der Waals surface area contributed by atoms with Gasteiger partial charge >= 0.3 is 5.97 Å². The van der Waals surface area contributed by atoms with Gasteiger partial charge in [0.15, 0.2) is 0 Å². The molecule has 1 saturated carbocycles. The molecule has 68 valence electrons. The van der Waals surface area contributed by atoms with E-state index in [9.17, 15) is 9.59 Å². The minimum Gasteiger partial charge on any atom is -0.461 e. The van der Waals surface area contributed by atoms with E-state index in [4.69, 9.17) is 4.74 Å². The maximum Gasteiger partial charge on any atom is 0.305 e. The second kappa shape index (κ2) is 2.88.